The minimum atomic E-state index is 0. The van der Waals surface area contributed by atoms with Gasteiger partial charge in [-0.2, -0.15) is 0 Å². The van der Waals surface area contributed by atoms with Crippen LogP contribution in [0.15, 0.2) is 0 Å². The maximum atomic E-state index is 2.25. The van der Waals surface area contributed by atoms with Crippen molar-refractivity contribution >= 4 is 18.9 Å². The molecule has 0 rings (SSSR count). The molecule has 33 valence electrons. The van der Waals surface area contributed by atoms with E-state index in [4.69, 9.17) is 0 Å². The van der Waals surface area contributed by atoms with E-state index in [2.05, 4.69) is 20.3 Å². The first kappa shape index (κ1) is 9.78. The van der Waals surface area contributed by atoms with Gasteiger partial charge in [-0.05, 0) is 6.42 Å². The van der Waals surface area contributed by atoms with Crippen molar-refractivity contribution in [2.45, 2.75) is 26.7 Å². The molecule has 0 fully saturated rings. The molecular weight excluding hydrogens is 67.0 g/mol. The number of unbranched alkanes of at least 4 members (excludes halogenated alkanes) is 2. The number of hydrogen-bond donors (Lipinski definition) is 0. The maximum absolute atomic E-state index is 2.25. The van der Waals surface area contributed by atoms with Gasteiger partial charge in [-0.25, -0.2) is 0 Å². The van der Waals surface area contributed by atoms with Gasteiger partial charge in [0.1, 0.15) is 0 Å². The second-order valence-electron chi connectivity index (χ2n) is 1.11. The Hall–Kier alpha value is 0.597. The molecule has 0 saturated heterocycles. The van der Waals surface area contributed by atoms with Crippen LogP contribution in [0.4, 0.5) is 0 Å². The van der Waals surface area contributed by atoms with Gasteiger partial charge in [-0.15, -0.1) is 0 Å². The van der Waals surface area contributed by atoms with Gasteiger partial charge < -0.3 is 0 Å². The zero-order valence-electron chi connectivity index (χ0n) is 3.99. The summed E-state index contributed by atoms with van der Waals surface area (Å²) in [5.74, 6) is 0. The monoisotopic (exact) mass is 79.1 g/mol. The molecule has 0 aliphatic rings. The first-order valence-corrected chi connectivity index (χ1v) is 2.23. The Labute approximate surface area is 52.5 Å². The van der Waals surface area contributed by atoms with Gasteiger partial charge in [0.25, 0.3) is 0 Å². The molecule has 0 atom stereocenters. The third-order valence-electron chi connectivity index (χ3n) is 0.577. The van der Waals surface area contributed by atoms with Crippen molar-refractivity contribution < 1.29 is 0 Å². The van der Waals surface area contributed by atoms with Gasteiger partial charge in [0.2, 0.25) is 0 Å². The molecule has 0 aromatic heterocycles. The molecule has 0 bridgehead atoms. The SMILES string of the molecule is CC[CH]CC.[LiH]. The van der Waals surface area contributed by atoms with Crippen molar-refractivity contribution in [2.24, 2.45) is 0 Å². The summed E-state index contributed by atoms with van der Waals surface area (Å²) in [4.78, 5) is 0. The van der Waals surface area contributed by atoms with Crippen molar-refractivity contribution in [3.05, 3.63) is 6.42 Å². The van der Waals surface area contributed by atoms with E-state index >= 15 is 0 Å². The van der Waals surface area contributed by atoms with E-state index in [-0.39, 0.29) is 18.9 Å². The van der Waals surface area contributed by atoms with E-state index in [1.54, 1.807) is 0 Å². The van der Waals surface area contributed by atoms with Gasteiger partial charge in [-0.1, -0.05) is 26.7 Å². The summed E-state index contributed by atoms with van der Waals surface area (Å²) in [6.07, 6.45) is 4.69. The van der Waals surface area contributed by atoms with Crippen LogP contribution in [0.2, 0.25) is 0 Å². The molecule has 0 aliphatic carbocycles. The van der Waals surface area contributed by atoms with Crippen molar-refractivity contribution in [1.29, 1.82) is 0 Å². The van der Waals surface area contributed by atoms with Gasteiger partial charge >= 0.3 is 18.9 Å². The topological polar surface area (TPSA) is 0 Å². The fraction of sp³-hybridized carbons (Fsp3) is 0.800. The fourth-order valence-electron chi connectivity index (χ4n) is 0.289. The van der Waals surface area contributed by atoms with Gasteiger partial charge in [0, 0.05) is 0 Å². The van der Waals surface area contributed by atoms with Crippen molar-refractivity contribution in [2.75, 3.05) is 0 Å². The Morgan fingerprint density at radius 2 is 1.50 bits per heavy atom. The quantitative estimate of drug-likeness (QED) is 0.438. The second-order valence-corrected chi connectivity index (χ2v) is 1.11. The Kier molecular flexibility index (Phi) is 14.9. The molecule has 0 aromatic carbocycles. The molecule has 0 heterocycles. The van der Waals surface area contributed by atoms with Crippen LogP contribution in [0, 0.1) is 6.42 Å². The molecule has 0 aromatic rings. The van der Waals surface area contributed by atoms with Crippen molar-refractivity contribution in [1.82, 2.24) is 0 Å². The van der Waals surface area contributed by atoms with Crippen LogP contribution in [-0.4, -0.2) is 18.9 Å². The zero-order chi connectivity index (χ0) is 4.12. The molecule has 0 nitrogen and oxygen atoms in total. The van der Waals surface area contributed by atoms with Crippen LogP contribution in [0.3, 0.4) is 0 Å². The van der Waals surface area contributed by atoms with Crippen LogP contribution in [0.1, 0.15) is 26.7 Å². The van der Waals surface area contributed by atoms with Gasteiger partial charge in [0.15, 0.2) is 0 Å². The summed E-state index contributed by atoms with van der Waals surface area (Å²) in [6.45, 7) is 4.31. The Morgan fingerprint density at radius 3 is 1.50 bits per heavy atom. The second kappa shape index (κ2) is 9.14. The average molecular weight is 79.1 g/mol. The van der Waals surface area contributed by atoms with Gasteiger partial charge in [-0.3, -0.25) is 0 Å². The predicted octanol–water partition coefficient (Wildman–Crippen LogP) is 1.36. The van der Waals surface area contributed by atoms with Crippen LogP contribution in [0.5, 0.6) is 0 Å². The third kappa shape index (κ3) is 8.82. The molecule has 1 radical (unpaired) electrons. The fourth-order valence-corrected chi connectivity index (χ4v) is 0.289. The minimum absolute atomic E-state index is 0. The van der Waals surface area contributed by atoms with E-state index in [9.17, 15) is 0 Å². The van der Waals surface area contributed by atoms with E-state index in [1.807, 2.05) is 0 Å². The standard InChI is InChI=1S/C5H11.Li.H/c1-3-5-4-2;;/h5H,3-4H2,1-2H3;;. The van der Waals surface area contributed by atoms with Crippen molar-refractivity contribution in [3.8, 4) is 0 Å². The van der Waals surface area contributed by atoms with E-state index < -0.39 is 0 Å². The van der Waals surface area contributed by atoms with Crippen LogP contribution < -0.4 is 0 Å². The van der Waals surface area contributed by atoms with Crippen LogP contribution in [0.25, 0.3) is 0 Å². The summed E-state index contributed by atoms with van der Waals surface area (Å²) >= 11 is 0. The predicted molar refractivity (Wildman–Crippen MR) is 32.0 cm³/mol. The molecule has 1 heteroatoms. The number of hydrogen-bond acceptors (Lipinski definition) is 0. The summed E-state index contributed by atoms with van der Waals surface area (Å²) < 4.78 is 0. The summed E-state index contributed by atoms with van der Waals surface area (Å²) in [5, 5.41) is 0. The third-order valence-corrected chi connectivity index (χ3v) is 0.577. The average Bonchev–Trinajstić information content (AvgIpc) is 1.41. The molecular formula is C5H12Li. The molecule has 0 spiro atoms. The molecule has 0 saturated carbocycles. The van der Waals surface area contributed by atoms with E-state index in [0.717, 1.165) is 0 Å². The Bertz CT molecular complexity index is 11.4. The summed E-state index contributed by atoms with van der Waals surface area (Å²) in [6, 6.07) is 0. The molecule has 0 unspecified atom stereocenters. The Morgan fingerprint density at radius 1 is 1.17 bits per heavy atom. The summed E-state index contributed by atoms with van der Waals surface area (Å²) in [5.41, 5.74) is 0. The van der Waals surface area contributed by atoms with Gasteiger partial charge in [0.05, 0.1) is 0 Å². The van der Waals surface area contributed by atoms with Crippen LogP contribution >= 0.6 is 0 Å². The summed E-state index contributed by atoms with van der Waals surface area (Å²) in [7, 11) is 0. The Balaban J connectivity index is 0. The molecule has 0 N–H and O–H groups in total. The normalized spacial score (nSPS) is 7.00. The van der Waals surface area contributed by atoms with Crippen LogP contribution in [-0.2, 0) is 0 Å². The zero-order valence-corrected chi connectivity index (χ0v) is 3.99. The molecule has 0 amide bonds. The molecule has 0 aliphatic heterocycles. The number of rotatable bonds is 2. The molecule has 6 heavy (non-hydrogen) atoms. The van der Waals surface area contributed by atoms with E-state index in [0.29, 0.717) is 0 Å². The van der Waals surface area contributed by atoms with E-state index in [1.165, 1.54) is 12.8 Å². The first-order chi connectivity index (χ1) is 2.41. The first-order valence-electron chi connectivity index (χ1n) is 2.23. The van der Waals surface area contributed by atoms with Crippen molar-refractivity contribution in [3.63, 3.8) is 0 Å².